The summed E-state index contributed by atoms with van der Waals surface area (Å²) in [5, 5.41) is 6.45. The largest absolute Gasteiger partial charge is 0.381 e. The SMILES string of the molecule is O=C(NCCCNCc1cccnc1)C1CC12CCOCC2. The van der Waals surface area contributed by atoms with Gasteiger partial charge in [-0.15, -0.1) is 0 Å². The lowest BCUT2D eigenvalue weighted by atomic mass is 9.93. The van der Waals surface area contributed by atoms with Gasteiger partial charge in [-0.05, 0) is 49.3 Å². The molecule has 1 aliphatic heterocycles. The summed E-state index contributed by atoms with van der Waals surface area (Å²) >= 11 is 0. The molecule has 0 bridgehead atoms. The van der Waals surface area contributed by atoms with E-state index in [9.17, 15) is 4.79 Å². The number of carbonyl (C=O) groups is 1. The van der Waals surface area contributed by atoms with Crippen molar-refractivity contribution < 1.29 is 9.53 Å². The fourth-order valence-electron chi connectivity index (χ4n) is 3.33. The first-order chi connectivity index (χ1) is 10.8. The molecule has 1 atom stereocenters. The molecule has 2 fully saturated rings. The zero-order chi connectivity index (χ0) is 15.3. The van der Waals surface area contributed by atoms with Gasteiger partial charge < -0.3 is 15.4 Å². The Morgan fingerprint density at radius 1 is 1.36 bits per heavy atom. The Morgan fingerprint density at radius 3 is 3.00 bits per heavy atom. The Hall–Kier alpha value is -1.46. The maximum absolute atomic E-state index is 12.2. The van der Waals surface area contributed by atoms with Gasteiger partial charge in [-0.3, -0.25) is 9.78 Å². The molecule has 1 aliphatic carbocycles. The highest BCUT2D eigenvalue weighted by Crippen LogP contribution is 2.59. The van der Waals surface area contributed by atoms with Crippen LogP contribution in [0, 0.1) is 11.3 Å². The van der Waals surface area contributed by atoms with E-state index in [1.165, 1.54) is 5.56 Å². The Balaban J connectivity index is 1.25. The first kappa shape index (κ1) is 15.4. The molecule has 1 unspecified atom stereocenters. The summed E-state index contributed by atoms with van der Waals surface area (Å²) in [5.41, 5.74) is 1.46. The second-order valence-electron chi connectivity index (χ2n) is 6.41. The Morgan fingerprint density at radius 2 is 2.23 bits per heavy atom. The van der Waals surface area contributed by atoms with Gasteiger partial charge in [-0.25, -0.2) is 0 Å². The normalized spacial score (nSPS) is 22.5. The summed E-state index contributed by atoms with van der Waals surface area (Å²) in [5.74, 6) is 0.480. The number of amides is 1. The van der Waals surface area contributed by atoms with E-state index in [1.807, 2.05) is 12.3 Å². The molecule has 1 saturated heterocycles. The second-order valence-corrected chi connectivity index (χ2v) is 6.41. The maximum atomic E-state index is 12.2. The van der Waals surface area contributed by atoms with Crippen molar-refractivity contribution in [2.24, 2.45) is 11.3 Å². The van der Waals surface area contributed by atoms with Gasteiger partial charge >= 0.3 is 0 Å². The van der Waals surface area contributed by atoms with Crippen molar-refractivity contribution >= 4 is 5.91 Å². The van der Waals surface area contributed by atoms with Crippen LogP contribution in [0.3, 0.4) is 0 Å². The minimum Gasteiger partial charge on any atom is -0.381 e. The van der Waals surface area contributed by atoms with Crippen molar-refractivity contribution in [2.75, 3.05) is 26.3 Å². The average Bonchev–Trinajstić information content (AvgIpc) is 3.25. The van der Waals surface area contributed by atoms with E-state index in [2.05, 4.69) is 21.7 Å². The molecule has 0 aromatic carbocycles. The summed E-state index contributed by atoms with van der Waals surface area (Å²) in [4.78, 5) is 16.2. The lowest BCUT2D eigenvalue weighted by molar-refractivity contribution is -0.123. The number of pyridine rings is 1. The first-order valence-electron chi connectivity index (χ1n) is 8.25. The van der Waals surface area contributed by atoms with Crippen LogP contribution in [0.2, 0.25) is 0 Å². The highest BCUT2D eigenvalue weighted by Gasteiger charge is 2.57. The Kier molecular flexibility index (Phi) is 5.05. The van der Waals surface area contributed by atoms with Gasteiger partial charge in [0.2, 0.25) is 5.91 Å². The van der Waals surface area contributed by atoms with E-state index >= 15 is 0 Å². The van der Waals surface area contributed by atoms with Gasteiger partial charge in [-0.2, -0.15) is 0 Å². The third-order valence-corrected chi connectivity index (χ3v) is 4.88. The minimum absolute atomic E-state index is 0.236. The highest BCUT2D eigenvalue weighted by atomic mass is 16.5. The van der Waals surface area contributed by atoms with Crippen LogP contribution in [-0.2, 0) is 16.1 Å². The molecule has 0 radical (unpaired) electrons. The summed E-state index contributed by atoms with van der Waals surface area (Å²) < 4.78 is 5.39. The number of nitrogens with one attached hydrogen (secondary N) is 2. The number of carbonyl (C=O) groups excluding carboxylic acids is 1. The standard InChI is InChI=1S/C17H25N3O2/c21-16(15-11-17(15)4-9-22-10-5-17)20-8-2-7-19-13-14-3-1-6-18-12-14/h1,3,6,12,15,19H,2,4-5,7-11,13H2,(H,20,21). The predicted molar refractivity (Wildman–Crippen MR) is 84.2 cm³/mol. The molecule has 2 aliphatic rings. The number of hydrogen-bond donors (Lipinski definition) is 2. The number of aromatic nitrogens is 1. The Labute approximate surface area is 131 Å². The van der Waals surface area contributed by atoms with Crippen LogP contribution < -0.4 is 10.6 Å². The molecule has 1 aromatic heterocycles. The summed E-state index contributed by atoms with van der Waals surface area (Å²) in [6.07, 6.45) is 7.77. The molecule has 1 amide bonds. The lowest BCUT2D eigenvalue weighted by Crippen LogP contribution is -2.31. The molecule has 22 heavy (non-hydrogen) atoms. The van der Waals surface area contributed by atoms with Crippen LogP contribution in [-0.4, -0.2) is 37.2 Å². The third-order valence-electron chi connectivity index (χ3n) is 4.88. The van der Waals surface area contributed by atoms with Crippen molar-refractivity contribution in [1.29, 1.82) is 0 Å². The maximum Gasteiger partial charge on any atom is 0.223 e. The topological polar surface area (TPSA) is 63.2 Å². The molecule has 2 heterocycles. The molecule has 1 spiro atoms. The smallest absolute Gasteiger partial charge is 0.223 e. The molecular weight excluding hydrogens is 278 g/mol. The quantitative estimate of drug-likeness (QED) is 0.749. The van der Waals surface area contributed by atoms with E-state index in [0.29, 0.717) is 0 Å². The van der Waals surface area contributed by atoms with Crippen molar-refractivity contribution in [1.82, 2.24) is 15.6 Å². The fourth-order valence-corrected chi connectivity index (χ4v) is 3.33. The highest BCUT2D eigenvalue weighted by molar-refractivity contribution is 5.82. The number of nitrogens with zero attached hydrogens (tertiary/aromatic N) is 1. The molecule has 1 aromatic rings. The molecule has 5 nitrogen and oxygen atoms in total. The van der Waals surface area contributed by atoms with Crippen LogP contribution in [0.15, 0.2) is 24.5 Å². The van der Waals surface area contributed by atoms with Crippen LogP contribution in [0.4, 0.5) is 0 Å². The zero-order valence-electron chi connectivity index (χ0n) is 13.0. The van der Waals surface area contributed by atoms with Crippen molar-refractivity contribution in [2.45, 2.75) is 32.2 Å². The van der Waals surface area contributed by atoms with Crippen molar-refractivity contribution in [3.8, 4) is 0 Å². The van der Waals surface area contributed by atoms with Crippen LogP contribution in [0.5, 0.6) is 0 Å². The average molecular weight is 303 g/mol. The molecule has 2 N–H and O–H groups in total. The van der Waals surface area contributed by atoms with Gasteiger partial charge in [0.05, 0.1) is 0 Å². The van der Waals surface area contributed by atoms with E-state index in [0.717, 1.165) is 58.5 Å². The van der Waals surface area contributed by atoms with Crippen LogP contribution >= 0.6 is 0 Å². The van der Waals surface area contributed by atoms with Crippen molar-refractivity contribution in [3.63, 3.8) is 0 Å². The summed E-state index contributed by atoms with van der Waals surface area (Å²) in [7, 11) is 0. The van der Waals surface area contributed by atoms with E-state index in [4.69, 9.17) is 4.74 Å². The predicted octanol–water partition coefficient (Wildman–Crippen LogP) is 1.49. The molecule has 3 rings (SSSR count). The second kappa shape index (κ2) is 7.20. The zero-order valence-corrected chi connectivity index (χ0v) is 13.0. The van der Waals surface area contributed by atoms with Crippen molar-refractivity contribution in [3.05, 3.63) is 30.1 Å². The number of hydrogen-bond acceptors (Lipinski definition) is 4. The Bertz CT molecular complexity index is 486. The number of rotatable bonds is 7. The minimum atomic E-state index is 0.236. The third kappa shape index (κ3) is 3.84. The summed E-state index contributed by atoms with van der Waals surface area (Å²) in [6, 6.07) is 4.00. The van der Waals surface area contributed by atoms with Gasteiger partial charge in [-0.1, -0.05) is 6.07 Å². The fraction of sp³-hybridized carbons (Fsp3) is 0.647. The molecule has 120 valence electrons. The molecule has 1 saturated carbocycles. The van der Waals surface area contributed by atoms with Gasteiger partial charge in [0.15, 0.2) is 0 Å². The van der Waals surface area contributed by atoms with E-state index in [-0.39, 0.29) is 17.2 Å². The van der Waals surface area contributed by atoms with Crippen LogP contribution in [0.1, 0.15) is 31.2 Å². The molecular formula is C17H25N3O2. The van der Waals surface area contributed by atoms with Gasteiger partial charge in [0.1, 0.15) is 0 Å². The lowest BCUT2D eigenvalue weighted by Gasteiger charge is -2.22. The van der Waals surface area contributed by atoms with Gasteiger partial charge in [0, 0.05) is 44.6 Å². The van der Waals surface area contributed by atoms with Crippen LogP contribution in [0.25, 0.3) is 0 Å². The summed E-state index contributed by atoms with van der Waals surface area (Å²) in [6.45, 7) is 4.12. The van der Waals surface area contributed by atoms with E-state index < -0.39 is 0 Å². The molecule has 5 heteroatoms. The van der Waals surface area contributed by atoms with Gasteiger partial charge in [0.25, 0.3) is 0 Å². The monoisotopic (exact) mass is 303 g/mol. The first-order valence-corrected chi connectivity index (χ1v) is 8.25. The number of ether oxygens (including phenoxy) is 1. The van der Waals surface area contributed by atoms with E-state index in [1.54, 1.807) is 6.20 Å².